The van der Waals surface area contributed by atoms with Gasteiger partial charge in [-0.2, -0.15) is 0 Å². The van der Waals surface area contributed by atoms with E-state index in [1.807, 2.05) is 30.3 Å². The van der Waals surface area contributed by atoms with Crippen molar-refractivity contribution < 1.29 is 38.2 Å². The van der Waals surface area contributed by atoms with E-state index in [1.165, 1.54) is 0 Å². The lowest BCUT2D eigenvalue weighted by Crippen LogP contribution is -2.45. The van der Waals surface area contributed by atoms with Crippen LogP contribution in [0.5, 0.6) is 5.75 Å². The zero-order valence-electron chi connectivity index (χ0n) is 25.2. The summed E-state index contributed by atoms with van der Waals surface area (Å²) in [6.07, 6.45) is 3.12. The third-order valence-corrected chi connectivity index (χ3v) is 6.45. The van der Waals surface area contributed by atoms with Gasteiger partial charge in [-0.15, -0.1) is 0 Å². The van der Waals surface area contributed by atoms with Gasteiger partial charge < -0.3 is 24.3 Å². The van der Waals surface area contributed by atoms with Crippen molar-refractivity contribution in [3.05, 3.63) is 95.3 Å². The summed E-state index contributed by atoms with van der Waals surface area (Å²) < 4.78 is 22.1. The zero-order valence-corrected chi connectivity index (χ0v) is 25.2. The minimum absolute atomic E-state index is 0.0701. The van der Waals surface area contributed by atoms with Gasteiger partial charge in [-0.1, -0.05) is 42.5 Å². The van der Waals surface area contributed by atoms with Gasteiger partial charge in [-0.3, -0.25) is 9.78 Å². The van der Waals surface area contributed by atoms with Crippen molar-refractivity contribution in [2.75, 3.05) is 6.61 Å². The van der Waals surface area contributed by atoms with Gasteiger partial charge in [-0.25, -0.2) is 19.9 Å². The Balaban J connectivity index is 1.32. The van der Waals surface area contributed by atoms with Crippen LogP contribution in [0.25, 0.3) is 0 Å². The minimum Gasteiger partial charge on any atom is -0.487 e. The molecule has 1 aliphatic heterocycles. The molecular formula is C33H39N3O8. The molecule has 2 N–H and O–H groups in total. The Morgan fingerprint density at radius 1 is 0.955 bits per heavy atom. The van der Waals surface area contributed by atoms with Crippen LogP contribution in [0.15, 0.2) is 72.9 Å². The highest BCUT2D eigenvalue weighted by Gasteiger charge is 2.26. The number of alkyl carbamates (subject to hydrolysis) is 1. The molecule has 0 saturated carbocycles. The number of nitrogens with zero attached hydrogens (tertiary/aromatic N) is 1. The number of pyridine rings is 1. The summed E-state index contributed by atoms with van der Waals surface area (Å²) in [5.41, 5.74) is 4.26. The van der Waals surface area contributed by atoms with Crippen molar-refractivity contribution in [1.29, 1.82) is 0 Å². The molecule has 0 bridgehead atoms. The summed E-state index contributed by atoms with van der Waals surface area (Å²) in [6.45, 7) is 6.13. The van der Waals surface area contributed by atoms with Crippen molar-refractivity contribution in [3.8, 4) is 5.75 Å². The maximum Gasteiger partial charge on any atom is 0.408 e. The van der Waals surface area contributed by atoms with Gasteiger partial charge in [0.15, 0.2) is 6.29 Å². The summed E-state index contributed by atoms with van der Waals surface area (Å²) in [7, 11) is 0. The van der Waals surface area contributed by atoms with Crippen molar-refractivity contribution in [2.24, 2.45) is 0 Å². The Morgan fingerprint density at radius 3 is 2.36 bits per heavy atom. The lowest BCUT2D eigenvalue weighted by Gasteiger charge is -2.23. The molecular weight excluding hydrogens is 566 g/mol. The molecule has 234 valence electrons. The number of hydrogen-bond donors (Lipinski definition) is 2. The third-order valence-electron chi connectivity index (χ3n) is 6.45. The van der Waals surface area contributed by atoms with Crippen LogP contribution >= 0.6 is 0 Å². The van der Waals surface area contributed by atoms with Crippen molar-refractivity contribution >= 4 is 18.0 Å². The molecule has 1 saturated heterocycles. The van der Waals surface area contributed by atoms with Crippen LogP contribution in [0.1, 0.15) is 67.2 Å². The number of carbonyl (C=O) groups excluding carboxylic acids is 3. The Hall–Kier alpha value is -4.48. The van der Waals surface area contributed by atoms with Gasteiger partial charge in [0.25, 0.3) is 5.91 Å². The number of hydroxylamine groups is 1. The normalized spacial score (nSPS) is 15.5. The van der Waals surface area contributed by atoms with E-state index < -0.39 is 35.9 Å². The molecule has 44 heavy (non-hydrogen) atoms. The van der Waals surface area contributed by atoms with E-state index in [0.717, 1.165) is 24.8 Å². The first-order valence-electron chi connectivity index (χ1n) is 14.6. The number of amides is 2. The molecule has 2 heterocycles. The Morgan fingerprint density at radius 2 is 1.70 bits per heavy atom. The van der Waals surface area contributed by atoms with E-state index in [0.29, 0.717) is 35.8 Å². The van der Waals surface area contributed by atoms with Crippen molar-refractivity contribution in [2.45, 2.75) is 77.6 Å². The first-order valence-corrected chi connectivity index (χ1v) is 14.6. The lowest BCUT2D eigenvalue weighted by atomic mass is 10.1. The molecule has 1 aromatic heterocycles. The molecule has 11 nitrogen and oxygen atoms in total. The highest BCUT2D eigenvalue weighted by Crippen LogP contribution is 2.16. The fraction of sp³-hybridized carbons (Fsp3) is 0.394. The zero-order chi connectivity index (χ0) is 31.4. The SMILES string of the molecule is CC(C)(C)OC(=O)NC(Cc1ccc(OCc2ccccc2)cn1)C(=O)OCc1ccc(C(=O)NOC2CCCCO2)cc1. The van der Waals surface area contributed by atoms with Crippen LogP contribution in [-0.4, -0.2) is 47.5 Å². The van der Waals surface area contributed by atoms with Crippen molar-refractivity contribution in [3.63, 3.8) is 0 Å². The minimum atomic E-state index is -1.06. The summed E-state index contributed by atoms with van der Waals surface area (Å²) >= 11 is 0. The fourth-order valence-corrected chi connectivity index (χ4v) is 4.20. The highest BCUT2D eigenvalue weighted by atomic mass is 16.8. The fourth-order valence-electron chi connectivity index (χ4n) is 4.20. The van der Waals surface area contributed by atoms with Gasteiger partial charge in [0.1, 0.15) is 30.6 Å². The molecule has 0 spiro atoms. The first kappa shape index (κ1) is 32.4. The molecule has 4 rings (SSSR count). The average Bonchev–Trinajstić information content (AvgIpc) is 3.02. The number of ether oxygens (including phenoxy) is 4. The van der Waals surface area contributed by atoms with Gasteiger partial charge in [0.2, 0.25) is 0 Å². The average molecular weight is 606 g/mol. The Bertz CT molecular complexity index is 1350. The molecule has 0 aliphatic carbocycles. The molecule has 0 radical (unpaired) electrons. The predicted octanol–water partition coefficient (Wildman–Crippen LogP) is 5.03. The third kappa shape index (κ3) is 11.0. The lowest BCUT2D eigenvalue weighted by molar-refractivity contribution is -0.186. The Labute approximate surface area is 257 Å². The quantitative estimate of drug-likeness (QED) is 0.215. The van der Waals surface area contributed by atoms with E-state index in [-0.39, 0.29) is 13.0 Å². The number of nitrogens with one attached hydrogen (secondary N) is 2. The van der Waals surface area contributed by atoms with E-state index in [1.54, 1.807) is 63.4 Å². The largest absolute Gasteiger partial charge is 0.487 e. The second-order valence-corrected chi connectivity index (χ2v) is 11.3. The topological polar surface area (TPSA) is 134 Å². The molecule has 2 aromatic carbocycles. The number of carbonyl (C=O) groups is 3. The van der Waals surface area contributed by atoms with E-state index in [4.69, 9.17) is 23.8 Å². The van der Waals surface area contributed by atoms with Crippen LogP contribution in [-0.2, 0) is 43.5 Å². The van der Waals surface area contributed by atoms with Crippen molar-refractivity contribution in [1.82, 2.24) is 15.8 Å². The van der Waals surface area contributed by atoms with Gasteiger partial charge in [0.05, 0.1) is 6.20 Å². The number of benzene rings is 2. The monoisotopic (exact) mass is 605 g/mol. The van der Waals surface area contributed by atoms with E-state index in [2.05, 4.69) is 15.8 Å². The molecule has 1 aliphatic rings. The standard InChI is InChI=1S/C33H39N3O8/c1-33(2,3)43-32(39)35-28(19-26-16-17-27(20-34-26)41-21-23-9-5-4-6-10-23)31(38)42-22-24-12-14-25(15-13-24)30(37)36-44-29-11-7-8-18-40-29/h4-6,9-10,12-17,20,28-29H,7-8,11,18-19,21-22H2,1-3H3,(H,35,39)(H,36,37). The summed E-state index contributed by atoms with van der Waals surface area (Å²) in [6, 6.07) is 18.7. The molecule has 1 fully saturated rings. The summed E-state index contributed by atoms with van der Waals surface area (Å²) in [5, 5.41) is 2.60. The van der Waals surface area contributed by atoms with Crippen LogP contribution in [0, 0.1) is 0 Å². The number of aromatic nitrogens is 1. The van der Waals surface area contributed by atoms with Gasteiger partial charge in [0, 0.05) is 30.7 Å². The highest BCUT2D eigenvalue weighted by molar-refractivity contribution is 5.93. The molecule has 2 unspecified atom stereocenters. The number of esters is 1. The first-order chi connectivity index (χ1) is 21.1. The molecule has 11 heteroatoms. The van der Waals surface area contributed by atoms with Crippen LogP contribution in [0.4, 0.5) is 4.79 Å². The van der Waals surface area contributed by atoms with Gasteiger partial charge in [-0.05, 0) is 69.0 Å². The maximum atomic E-state index is 13.1. The van der Waals surface area contributed by atoms with E-state index >= 15 is 0 Å². The summed E-state index contributed by atoms with van der Waals surface area (Å²) in [5.74, 6) is -0.499. The smallest absolute Gasteiger partial charge is 0.408 e. The maximum absolute atomic E-state index is 13.1. The number of hydrogen-bond acceptors (Lipinski definition) is 9. The molecule has 3 aromatic rings. The second-order valence-electron chi connectivity index (χ2n) is 11.3. The second kappa shape index (κ2) is 15.8. The molecule has 2 amide bonds. The van der Waals surface area contributed by atoms with Crippen LogP contribution in [0.2, 0.25) is 0 Å². The van der Waals surface area contributed by atoms with Crippen LogP contribution < -0.4 is 15.5 Å². The Kier molecular flexibility index (Phi) is 11.7. The van der Waals surface area contributed by atoms with Gasteiger partial charge >= 0.3 is 12.1 Å². The molecule has 2 atom stereocenters. The predicted molar refractivity (Wildman–Crippen MR) is 160 cm³/mol. The number of rotatable bonds is 12. The van der Waals surface area contributed by atoms with Crippen LogP contribution in [0.3, 0.4) is 0 Å². The summed E-state index contributed by atoms with van der Waals surface area (Å²) in [4.78, 5) is 47.8. The van der Waals surface area contributed by atoms with E-state index in [9.17, 15) is 14.4 Å².